The number of hydrogen-bond donors (Lipinski definition) is 1. The summed E-state index contributed by atoms with van der Waals surface area (Å²) in [5.74, 6) is -1.33. The maximum absolute atomic E-state index is 11.4. The summed E-state index contributed by atoms with van der Waals surface area (Å²) in [6.07, 6.45) is 4.81. The Hall–Kier alpha value is -1.58. The smallest absolute Gasteiger partial charge is 0.328 e. The highest BCUT2D eigenvalue weighted by molar-refractivity contribution is 5.94. The Morgan fingerprint density at radius 1 is 1.50 bits per heavy atom. The first-order valence-corrected chi connectivity index (χ1v) is 4.45. The van der Waals surface area contributed by atoms with Gasteiger partial charge < -0.3 is 10.0 Å². The number of aliphatic carboxylic acids is 1. The highest BCUT2D eigenvalue weighted by Gasteiger charge is 2.12. The second kappa shape index (κ2) is 4.60. The van der Waals surface area contributed by atoms with Crippen molar-refractivity contribution in [3.05, 3.63) is 23.8 Å². The maximum atomic E-state index is 11.4. The largest absolute Gasteiger partial charge is 0.478 e. The number of carbonyl (C=O) groups is 2. The van der Waals surface area contributed by atoms with Gasteiger partial charge in [-0.05, 0) is 13.3 Å². The van der Waals surface area contributed by atoms with Gasteiger partial charge in [-0.2, -0.15) is 0 Å². The molecule has 0 aromatic rings. The molecule has 0 aromatic heterocycles. The van der Waals surface area contributed by atoms with Gasteiger partial charge in [0, 0.05) is 25.2 Å². The first-order chi connectivity index (χ1) is 6.59. The molecule has 1 aliphatic heterocycles. The molecule has 1 rings (SSSR count). The number of carboxylic acids is 1. The number of carbonyl (C=O) groups excluding carboxylic acids is 1. The van der Waals surface area contributed by atoms with E-state index in [1.807, 2.05) is 13.0 Å². The summed E-state index contributed by atoms with van der Waals surface area (Å²) in [7, 11) is 0. The molecular weight excluding hydrogens is 182 g/mol. The molecule has 4 heteroatoms. The molecule has 0 radical (unpaired) electrons. The van der Waals surface area contributed by atoms with Crippen molar-refractivity contribution < 1.29 is 14.7 Å². The first kappa shape index (κ1) is 10.5. The van der Waals surface area contributed by atoms with Crippen LogP contribution >= 0.6 is 0 Å². The first-order valence-electron chi connectivity index (χ1n) is 4.45. The molecule has 0 saturated heterocycles. The van der Waals surface area contributed by atoms with Gasteiger partial charge in [0.15, 0.2) is 0 Å². The van der Waals surface area contributed by atoms with Gasteiger partial charge in [0.05, 0.1) is 0 Å². The fourth-order valence-corrected chi connectivity index (χ4v) is 1.22. The van der Waals surface area contributed by atoms with E-state index in [2.05, 4.69) is 0 Å². The SMILES string of the molecule is CC1=CCN(C(=O)/C=C/C(=O)O)CC1. The standard InChI is InChI=1S/C10H13NO3/c1-8-4-6-11(7-5-8)9(12)2-3-10(13)14/h2-4H,5-7H2,1H3,(H,13,14)/b3-2+. The van der Waals surface area contributed by atoms with Gasteiger partial charge in [-0.25, -0.2) is 4.79 Å². The van der Waals surface area contributed by atoms with Crippen LogP contribution in [0.3, 0.4) is 0 Å². The monoisotopic (exact) mass is 195 g/mol. The Bertz CT molecular complexity index is 304. The molecule has 0 unspecified atom stereocenters. The van der Waals surface area contributed by atoms with Crippen molar-refractivity contribution in [1.29, 1.82) is 0 Å². The van der Waals surface area contributed by atoms with Crippen LogP contribution in [0.15, 0.2) is 23.8 Å². The normalized spacial score (nSPS) is 16.9. The molecule has 1 aliphatic rings. The summed E-state index contributed by atoms with van der Waals surface area (Å²) in [5, 5.41) is 8.33. The van der Waals surface area contributed by atoms with E-state index in [1.165, 1.54) is 5.57 Å². The minimum absolute atomic E-state index is 0.240. The van der Waals surface area contributed by atoms with Crippen LogP contribution in [0, 0.1) is 0 Å². The number of rotatable bonds is 2. The van der Waals surface area contributed by atoms with Crippen LogP contribution in [0.1, 0.15) is 13.3 Å². The summed E-state index contributed by atoms with van der Waals surface area (Å²) < 4.78 is 0. The fraction of sp³-hybridized carbons (Fsp3) is 0.400. The molecule has 1 amide bonds. The average molecular weight is 195 g/mol. The summed E-state index contributed by atoms with van der Waals surface area (Å²) in [6.45, 7) is 3.27. The van der Waals surface area contributed by atoms with E-state index in [0.29, 0.717) is 13.1 Å². The number of carboxylic acid groups (broad SMARTS) is 1. The Balaban J connectivity index is 2.51. The van der Waals surface area contributed by atoms with Crippen molar-refractivity contribution >= 4 is 11.9 Å². The van der Waals surface area contributed by atoms with Crippen molar-refractivity contribution in [1.82, 2.24) is 4.90 Å². The lowest BCUT2D eigenvalue weighted by Gasteiger charge is -2.23. The molecule has 76 valence electrons. The van der Waals surface area contributed by atoms with E-state index >= 15 is 0 Å². The van der Waals surface area contributed by atoms with Gasteiger partial charge in [-0.1, -0.05) is 11.6 Å². The average Bonchev–Trinajstić information content (AvgIpc) is 2.15. The number of nitrogens with zero attached hydrogens (tertiary/aromatic N) is 1. The topological polar surface area (TPSA) is 57.6 Å². The van der Waals surface area contributed by atoms with Crippen molar-refractivity contribution in [3.63, 3.8) is 0 Å². The Morgan fingerprint density at radius 3 is 2.71 bits per heavy atom. The van der Waals surface area contributed by atoms with Crippen molar-refractivity contribution in [2.24, 2.45) is 0 Å². The molecule has 0 fully saturated rings. The van der Waals surface area contributed by atoms with E-state index < -0.39 is 5.97 Å². The zero-order valence-corrected chi connectivity index (χ0v) is 8.06. The van der Waals surface area contributed by atoms with Crippen molar-refractivity contribution in [3.8, 4) is 0 Å². The number of amides is 1. The molecule has 0 aromatic carbocycles. The van der Waals surface area contributed by atoms with E-state index in [0.717, 1.165) is 18.6 Å². The molecule has 0 saturated carbocycles. The number of hydrogen-bond acceptors (Lipinski definition) is 2. The maximum Gasteiger partial charge on any atom is 0.328 e. The lowest BCUT2D eigenvalue weighted by Crippen LogP contribution is -2.33. The fourth-order valence-electron chi connectivity index (χ4n) is 1.22. The van der Waals surface area contributed by atoms with Gasteiger partial charge in [-0.3, -0.25) is 4.79 Å². The van der Waals surface area contributed by atoms with Crippen molar-refractivity contribution in [2.75, 3.05) is 13.1 Å². The van der Waals surface area contributed by atoms with E-state index in [9.17, 15) is 9.59 Å². The van der Waals surface area contributed by atoms with Crippen LogP contribution < -0.4 is 0 Å². The molecule has 1 heterocycles. The summed E-state index contributed by atoms with van der Waals surface area (Å²) in [6, 6.07) is 0. The quantitative estimate of drug-likeness (QED) is 0.524. The molecule has 1 N–H and O–H groups in total. The Kier molecular flexibility index (Phi) is 3.45. The van der Waals surface area contributed by atoms with Crippen molar-refractivity contribution in [2.45, 2.75) is 13.3 Å². The highest BCUT2D eigenvalue weighted by atomic mass is 16.4. The van der Waals surface area contributed by atoms with E-state index in [1.54, 1.807) is 4.90 Å². The zero-order chi connectivity index (χ0) is 10.6. The van der Waals surface area contributed by atoms with Crippen LogP contribution in [-0.4, -0.2) is 35.0 Å². The second-order valence-corrected chi connectivity index (χ2v) is 3.26. The van der Waals surface area contributed by atoms with Gasteiger partial charge in [-0.15, -0.1) is 0 Å². The van der Waals surface area contributed by atoms with Crippen LogP contribution in [0.25, 0.3) is 0 Å². The predicted octanol–water partition coefficient (Wildman–Crippen LogP) is 0.806. The molecule has 14 heavy (non-hydrogen) atoms. The molecule has 0 aliphatic carbocycles. The van der Waals surface area contributed by atoms with Crippen LogP contribution in [-0.2, 0) is 9.59 Å². The van der Waals surface area contributed by atoms with Crippen LogP contribution in [0.5, 0.6) is 0 Å². The van der Waals surface area contributed by atoms with Gasteiger partial charge in [0.2, 0.25) is 5.91 Å². The minimum Gasteiger partial charge on any atom is -0.478 e. The third-order valence-corrected chi connectivity index (χ3v) is 2.12. The van der Waals surface area contributed by atoms with Crippen LogP contribution in [0.4, 0.5) is 0 Å². The molecular formula is C10H13NO3. The Labute approximate surface area is 82.5 Å². The zero-order valence-electron chi connectivity index (χ0n) is 8.06. The summed E-state index contributed by atoms with van der Waals surface area (Å²) in [4.78, 5) is 23.1. The Morgan fingerprint density at radius 2 is 2.21 bits per heavy atom. The second-order valence-electron chi connectivity index (χ2n) is 3.26. The predicted molar refractivity (Wildman–Crippen MR) is 51.7 cm³/mol. The highest BCUT2D eigenvalue weighted by Crippen LogP contribution is 2.09. The van der Waals surface area contributed by atoms with E-state index in [4.69, 9.17) is 5.11 Å². The van der Waals surface area contributed by atoms with Crippen LogP contribution in [0.2, 0.25) is 0 Å². The van der Waals surface area contributed by atoms with Gasteiger partial charge in [0.25, 0.3) is 0 Å². The lowest BCUT2D eigenvalue weighted by molar-refractivity contribution is -0.132. The summed E-state index contributed by atoms with van der Waals surface area (Å²) in [5.41, 5.74) is 1.27. The summed E-state index contributed by atoms with van der Waals surface area (Å²) >= 11 is 0. The molecule has 0 bridgehead atoms. The third-order valence-electron chi connectivity index (χ3n) is 2.12. The van der Waals surface area contributed by atoms with Gasteiger partial charge in [0.1, 0.15) is 0 Å². The van der Waals surface area contributed by atoms with E-state index in [-0.39, 0.29) is 5.91 Å². The molecule has 4 nitrogen and oxygen atoms in total. The third kappa shape index (κ3) is 3.05. The lowest BCUT2D eigenvalue weighted by atomic mass is 10.1. The van der Waals surface area contributed by atoms with Gasteiger partial charge >= 0.3 is 5.97 Å². The minimum atomic E-state index is -1.10. The molecule has 0 atom stereocenters. The molecule has 0 spiro atoms.